The molecule has 3 aliphatic rings. The first-order chi connectivity index (χ1) is 19.0. The fourth-order valence-corrected chi connectivity index (χ4v) is 6.93. The normalized spacial score (nSPS) is 21.4. The highest BCUT2D eigenvalue weighted by atomic mass is 16.5. The van der Waals surface area contributed by atoms with Crippen LogP contribution >= 0.6 is 0 Å². The van der Waals surface area contributed by atoms with E-state index in [1.165, 1.54) is 18.9 Å². The summed E-state index contributed by atoms with van der Waals surface area (Å²) in [5.74, 6) is -0.127. The van der Waals surface area contributed by atoms with Gasteiger partial charge >= 0.3 is 11.9 Å². The molecule has 2 aromatic rings. The third-order valence-corrected chi connectivity index (χ3v) is 9.16. The van der Waals surface area contributed by atoms with Crippen LogP contribution in [-0.4, -0.2) is 41.0 Å². The molecule has 39 heavy (non-hydrogen) atoms. The number of carbonyl (C=O) groups is 2. The molecule has 1 N–H and O–H groups in total. The van der Waals surface area contributed by atoms with E-state index in [-0.39, 0.29) is 35.4 Å². The lowest BCUT2D eigenvalue weighted by atomic mass is 9.89. The first kappa shape index (κ1) is 27.9. The van der Waals surface area contributed by atoms with Crippen molar-refractivity contribution < 1.29 is 19.1 Å². The molecule has 2 heterocycles. The van der Waals surface area contributed by atoms with Gasteiger partial charge < -0.3 is 14.5 Å². The van der Waals surface area contributed by atoms with Crippen LogP contribution in [0.4, 0.5) is 0 Å². The zero-order chi connectivity index (χ0) is 27.2. The lowest BCUT2D eigenvalue weighted by Gasteiger charge is -2.39. The maximum atomic E-state index is 13.5. The summed E-state index contributed by atoms with van der Waals surface area (Å²) in [4.78, 5) is 44.3. The molecule has 1 aromatic heterocycles. The number of esters is 2. The minimum Gasteiger partial charge on any atom is -0.456 e. The van der Waals surface area contributed by atoms with Crippen molar-refractivity contribution in [3.8, 4) is 5.75 Å². The van der Waals surface area contributed by atoms with Crippen molar-refractivity contribution in [2.24, 2.45) is 11.8 Å². The van der Waals surface area contributed by atoms with E-state index >= 15 is 0 Å². The molecule has 1 aromatic carbocycles. The zero-order valence-electron chi connectivity index (χ0n) is 23.4. The number of likely N-dealkylation sites (tertiary alicyclic amines) is 1. The third kappa shape index (κ3) is 6.56. The molecule has 0 amide bonds. The van der Waals surface area contributed by atoms with Gasteiger partial charge in [-0.15, -0.1) is 0 Å². The molecular formula is C32H44N2O5. The predicted molar refractivity (Wildman–Crippen MR) is 152 cm³/mol. The Morgan fingerprint density at radius 2 is 1.46 bits per heavy atom. The highest BCUT2D eigenvalue weighted by molar-refractivity contribution is 5.90. The van der Waals surface area contributed by atoms with Crippen LogP contribution in [0.3, 0.4) is 0 Å². The number of piperidine rings is 1. The topological polar surface area (TPSA) is 88.7 Å². The summed E-state index contributed by atoms with van der Waals surface area (Å²) >= 11 is 0. The van der Waals surface area contributed by atoms with Gasteiger partial charge in [-0.1, -0.05) is 57.9 Å². The molecule has 5 rings (SSSR count). The van der Waals surface area contributed by atoms with Crippen LogP contribution in [0.2, 0.25) is 0 Å². The Morgan fingerprint density at radius 1 is 0.846 bits per heavy atom. The van der Waals surface area contributed by atoms with Crippen molar-refractivity contribution in [2.75, 3.05) is 13.1 Å². The van der Waals surface area contributed by atoms with E-state index in [0.29, 0.717) is 11.3 Å². The Morgan fingerprint density at radius 3 is 2.10 bits per heavy atom. The minimum atomic E-state index is -0.473. The molecule has 3 fully saturated rings. The van der Waals surface area contributed by atoms with Crippen molar-refractivity contribution in [1.29, 1.82) is 0 Å². The van der Waals surface area contributed by atoms with Crippen LogP contribution in [0.25, 0.3) is 10.9 Å². The van der Waals surface area contributed by atoms with Gasteiger partial charge in [0.15, 0.2) is 5.75 Å². The number of H-pyrrole nitrogens is 1. The van der Waals surface area contributed by atoms with Crippen molar-refractivity contribution >= 4 is 22.8 Å². The van der Waals surface area contributed by atoms with Crippen LogP contribution in [-0.2, 0) is 14.3 Å². The Hall–Kier alpha value is -2.67. The van der Waals surface area contributed by atoms with Gasteiger partial charge in [0.2, 0.25) is 5.56 Å². The standard InChI is InChI=1S/C32H44N2O5/c1-2-26(34-20-10-5-11-21-34)30(39-32(37)23-14-8-4-9-15-23)25-16-18-27(29-24(25)17-19-28(35)33-29)38-31(36)22-12-6-3-7-13-22/h16-19,22-23,26,30H,2-15,20-21H2,1H3,(H,33,35). The average molecular weight is 537 g/mol. The summed E-state index contributed by atoms with van der Waals surface area (Å²) in [6, 6.07) is 7.03. The second-order valence-corrected chi connectivity index (χ2v) is 11.8. The summed E-state index contributed by atoms with van der Waals surface area (Å²) in [7, 11) is 0. The molecule has 2 aliphatic carbocycles. The molecule has 1 saturated heterocycles. The van der Waals surface area contributed by atoms with Gasteiger partial charge in [0.1, 0.15) is 6.10 Å². The second kappa shape index (κ2) is 13.1. The van der Waals surface area contributed by atoms with Crippen LogP contribution in [0.5, 0.6) is 5.75 Å². The number of hydrogen-bond acceptors (Lipinski definition) is 6. The van der Waals surface area contributed by atoms with Crippen molar-refractivity contribution in [3.05, 3.63) is 40.2 Å². The maximum absolute atomic E-state index is 13.5. The zero-order valence-corrected chi connectivity index (χ0v) is 23.4. The SMILES string of the molecule is CCC(C(OC(=O)C1CCCCC1)c1ccc(OC(=O)C2CCCCC2)c2[nH]c(=O)ccc12)N1CCCCC1. The molecule has 7 heteroatoms. The van der Waals surface area contributed by atoms with Gasteiger partial charge in [0.25, 0.3) is 0 Å². The fourth-order valence-electron chi connectivity index (χ4n) is 6.93. The number of ether oxygens (including phenoxy) is 2. The first-order valence-electron chi connectivity index (χ1n) is 15.4. The number of nitrogens with one attached hydrogen (secondary N) is 1. The van der Waals surface area contributed by atoms with Crippen molar-refractivity contribution in [2.45, 2.75) is 109 Å². The molecule has 1 aliphatic heterocycles. The monoisotopic (exact) mass is 536 g/mol. The van der Waals surface area contributed by atoms with E-state index in [0.717, 1.165) is 101 Å². The molecule has 7 nitrogen and oxygen atoms in total. The van der Waals surface area contributed by atoms with E-state index in [1.807, 2.05) is 6.07 Å². The Kier molecular flexibility index (Phi) is 9.38. The van der Waals surface area contributed by atoms with E-state index in [2.05, 4.69) is 16.8 Å². The molecular weight excluding hydrogens is 492 g/mol. The van der Waals surface area contributed by atoms with Crippen molar-refractivity contribution in [3.63, 3.8) is 0 Å². The third-order valence-electron chi connectivity index (χ3n) is 9.16. The average Bonchev–Trinajstić information content (AvgIpc) is 2.98. The molecule has 2 unspecified atom stereocenters. The lowest BCUT2D eigenvalue weighted by molar-refractivity contribution is -0.160. The fraction of sp³-hybridized carbons (Fsp3) is 0.656. The van der Waals surface area contributed by atoms with Gasteiger partial charge in [0, 0.05) is 17.0 Å². The minimum absolute atomic E-state index is 0.0311. The van der Waals surface area contributed by atoms with Crippen LogP contribution in [0.15, 0.2) is 29.1 Å². The Labute approximate surface area is 231 Å². The number of pyridine rings is 1. The van der Waals surface area contributed by atoms with Crippen LogP contribution in [0.1, 0.15) is 108 Å². The number of aromatic nitrogens is 1. The maximum Gasteiger partial charge on any atom is 0.314 e. The molecule has 0 radical (unpaired) electrons. The Balaban J connectivity index is 1.51. The lowest BCUT2D eigenvalue weighted by Crippen LogP contribution is -2.44. The van der Waals surface area contributed by atoms with E-state index in [4.69, 9.17) is 9.47 Å². The number of aromatic amines is 1. The second-order valence-electron chi connectivity index (χ2n) is 11.8. The molecule has 0 spiro atoms. The smallest absolute Gasteiger partial charge is 0.314 e. The highest BCUT2D eigenvalue weighted by Crippen LogP contribution is 2.38. The Bertz CT molecular complexity index is 1190. The summed E-state index contributed by atoms with van der Waals surface area (Å²) in [6.07, 6.45) is 13.9. The van der Waals surface area contributed by atoms with Gasteiger partial charge in [-0.2, -0.15) is 0 Å². The van der Waals surface area contributed by atoms with E-state index in [1.54, 1.807) is 12.1 Å². The van der Waals surface area contributed by atoms with Crippen molar-refractivity contribution in [1.82, 2.24) is 9.88 Å². The van der Waals surface area contributed by atoms with Gasteiger partial charge in [-0.25, -0.2) is 0 Å². The van der Waals surface area contributed by atoms with Gasteiger partial charge in [-0.3, -0.25) is 19.3 Å². The number of carbonyl (C=O) groups excluding carboxylic acids is 2. The van der Waals surface area contributed by atoms with Gasteiger partial charge in [-0.05, 0) is 70.2 Å². The van der Waals surface area contributed by atoms with Gasteiger partial charge in [0.05, 0.1) is 23.4 Å². The number of nitrogens with zero attached hydrogens (tertiary/aromatic N) is 1. The van der Waals surface area contributed by atoms with E-state index in [9.17, 15) is 14.4 Å². The molecule has 2 saturated carbocycles. The summed E-state index contributed by atoms with van der Waals surface area (Å²) in [5, 5.41) is 0.764. The van der Waals surface area contributed by atoms with E-state index < -0.39 is 6.10 Å². The molecule has 0 bridgehead atoms. The summed E-state index contributed by atoms with van der Waals surface area (Å²) < 4.78 is 12.4. The largest absolute Gasteiger partial charge is 0.456 e. The number of benzene rings is 1. The molecule has 2 atom stereocenters. The quantitative estimate of drug-likeness (QED) is 0.308. The summed E-state index contributed by atoms with van der Waals surface area (Å²) in [6.45, 7) is 4.13. The predicted octanol–water partition coefficient (Wildman–Crippen LogP) is 6.44. The van der Waals surface area contributed by atoms with Crippen LogP contribution < -0.4 is 10.3 Å². The van der Waals surface area contributed by atoms with Crippen LogP contribution in [0, 0.1) is 11.8 Å². The summed E-state index contributed by atoms with van der Waals surface area (Å²) in [5.41, 5.74) is 1.10. The number of rotatable bonds is 8. The molecule has 212 valence electrons. The first-order valence-corrected chi connectivity index (χ1v) is 15.4. The highest BCUT2D eigenvalue weighted by Gasteiger charge is 2.35. The number of hydrogen-bond donors (Lipinski definition) is 1. The number of fused-ring (bicyclic) bond motifs is 1.